The van der Waals surface area contributed by atoms with Gasteiger partial charge in [0.25, 0.3) is 0 Å². The molecule has 2 rings (SSSR count). The highest BCUT2D eigenvalue weighted by atomic mass is 14.9. The van der Waals surface area contributed by atoms with Gasteiger partial charge in [0.1, 0.15) is 0 Å². The van der Waals surface area contributed by atoms with Crippen LogP contribution in [0.2, 0.25) is 0 Å². The Morgan fingerprint density at radius 2 is 1.91 bits per heavy atom. The van der Waals surface area contributed by atoms with Crippen molar-refractivity contribution in [3.05, 3.63) is 0 Å². The first kappa shape index (κ1) is 9.01. The highest BCUT2D eigenvalue weighted by Gasteiger charge is 2.13. The molecule has 1 saturated carbocycles. The number of nitrogens with one attached hydrogen (secondary N) is 1. The van der Waals surface area contributed by atoms with Gasteiger partial charge in [0.2, 0.25) is 0 Å². The van der Waals surface area contributed by atoms with Crippen LogP contribution in [-0.4, -0.2) is 19.1 Å². The summed E-state index contributed by atoms with van der Waals surface area (Å²) in [6.07, 6.45) is 5.33. The minimum Gasteiger partial charge on any atom is -0.328 e. The second-order valence-electron chi connectivity index (χ2n) is 3.79. The molecule has 2 heteroatoms. The van der Waals surface area contributed by atoms with Crippen LogP contribution in [0.4, 0.5) is 0 Å². The number of hydrogen-bond acceptors (Lipinski definition) is 2. The first-order valence-corrected chi connectivity index (χ1v) is 4.75. The van der Waals surface area contributed by atoms with Crippen molar-refractivity contribution in [2.75, 3.05) is 13.1 Å². The molecule has 1 aliphatic carbocycles. The maximum atomic E-state index is 5.22. The minimum absolute atomic E-state index is 0.583. The van der Waals surface area contributed by atoms with Crippen molar-refractivity contribution in [3.8, 4) is 0 Å². The maximum absolute atomic E-state index is 5.22. The summed E-state index contributed by atoms with van der Waals surface area (Å²) >= 11 is 0. The molecule has 1 saturated heterocycles. The van der Waals surface area contributed by atoms with Gasteiger partial charge in [0.05, 0.1) is 0 Å². The molecule has 66 valence electrons. The van der Waals surface area contributed by atoms with Gasteiger partial charge >= 0.3 is 0 Å². The molecule has 1 aliphatic heterocycles. The number of piperidine rings is 1. The van der Waals surface area contributed by atoms with E-state index in [1.807, 2.05) is 0 Å². The van der Waals surface area contributed by atoms with Crippen molar-refractivity contribution >= 4 is 0 Å². The van der Waals surface area contributed by atoms with Crippen molar-refractivity contribution in [1.29, 1.82) is 0 Å². The standard InChI is InChI=1S/C6H13N.C3H7N/c1-6-3-2-4-7-5-6;4-3-1-2-3/h6-7H,2-5H2,1H3;3H,1-2,4H2. The fourth-order valence-corrected chi connectivity index (χ4v) is 1.12. The summed E-state index contributed by atoms with van der Waals surface area (Å²) < 4.78 is 0. The van der Waals surface area contributed by atoms with Crippen LogP contribution in [0, 0.1) is 5.92 Å². The highest BCUT2D eigenvalue weighted by molar-refractivity contribution is 4.75. The van der Waals surface area contributed by atoms with Gasteiger partial charge in [-0.2, -0.15) is 0 Å². The predicted octanol–water partition coefficient (Wildman–Crippen LogP) is 1.11. The number of rotatable bonds is 0. The van der Waals surface area contributed by atoms with Gasteiger partial charge in [0, 0.05) is 6.04 Å². The van der Waals surface area contributed by atoms with Crippen molar-refractivity contribution in [3.63, 3.8) is 0 Å². The van der Waals surface area contributed by atoms with Crippen LogP contribution in [0.15, 0.2) is 0 Å². The van der Waals surface area contributed by atoms with E-state index >= 15 is 0 Å². The molecule has 1 heterocycles. The number of hydrogen-bond donors (Lipinski definition) is 2. The fraction of sp³-hybridized carbons (Fsp3) is 1.00. The zero-order chi connectivity index (χ0) is 8.10. The normalized spacial score (nSPS) is 30.5. The van der Waals surface area contributed by atoms with E-state index in [1.165, 1.54) is 38.8 Å². The Kier molecular flexibility index (Phi) is 3.87. The molecular formula is C9H20N2. The average Bonchev–Trinajstić information content (AvgIpc) is 2.75. The van der Waals surface area contributed by atoms with Crippen molar-refractivity contribution in [2.24, 2.45) is 11.7 Å². The lowest BCUT2D eigenvalue weighted by molar-refractivity contribution is 0.405. The van der Waals surface area contributed by atoms with Crippen LogP contribution in [0.25, 0.3) is 0 Å². The zero-order valence-corrected chi connectivity index (χ0v) is 7.47. The largest absolute Gasteiger partial charge is 0.328 e. The maximum Gasteiger partial charge on any atom is 0.00399 e. The second-order valence-corrected chi connectivity index (χ2v) is 3.79. The van der Waals surface area contributed by atoms with Gasteiger partial charge in [-0.25, -0.2) is 0 Å². The third-order valence-corrected chi connectivity index (χ3v) is 2.17. The Hall–Kier alpha value is -0.0800. The molecule has 0 amide bonds. The summed E-state index contributed by atoms with van der Waals surface area (Å²) in [6, 6.07) is 0.583. The molecule has 1 atom stereocenters. The monoisotopic (exact) mass is 156 g/mol. The minimum atomic E-state index is 0.583. The molecule has 0 spiro atoms. The van der Waals surface area contributed by atoms with Crippen LogP contribution >= 0.6 is 0 Å². The van der Waals surface area contributed by atoms with E-state index < -0.39 is 0 Å². The molecular weight excluding hydrogens is 136 g/mol. The molecule has 0 radical (unpaired) electrons. The van der Waals surface area contributed by atoms with E-state index in [2.05, 4.69) is 12.2 Å². The molecule has 0 aromatic heterocycles. The van der Waals surface area contributed by atoms with E-state index in [1.54, 1.807) is 0 Å². The summed E-state index contributed by atoms with van der Waals surface area (Å²) in [4.78, 5) is 0. The average molecular weight is 156 g/mol. The molecule has 2 nitrogen and oxygen atoms in total. The first-order valence-electron chi connectivity index (χ1n) is 4.75. The van der Waals surface area contributed by atoms with Crippen molar-refractivity contribution < 1.29 is 0 Å². The SMILES string of the molecule is CC1CCCNC1.NC1CC1. The molecule has 11 heavy (non-hydrogen) atoms. The molecule has 0 aromatic carbocycles. The lowest BCUT2D eigenvalue weighted by Gasteiger charge is -2.17. The van der Waals surface area contributed by atoms with Gasteiger partial charge in [-0.15, -0.1) is 0 Å². The molecule has 3 N–H and O–H groups in total. The van der Waals surface area contributed by atoms with Crippen LogP contribution in [0.1, 0.15) is 32.6 Å². The Morgan fingerprint density at radius 1 is 1.27 bits per heavy atom. The van der Waals surface area contributed by atoms with Gasteiger partial charge in [0.15, 0.2) is 0 Å². The molecule has 2 aliphatic rings. The van der Waals surface area contributed by atoms with Crippen LogP contribution in [0.5, 0.6) is 0 Å². The Morgan fingerprint density at radius 3 is 2.09 bits per heavy atom. The lowest BCUT2D eigenvalue weighted by atomic mass is 10.0. The Labute approximate surface area is 69.5 Å². The third-order valence-electron chi connectivity index (χ3n) is 2.17. The third kappa shape index (κ3) is 5.22. The van der Waals surface area contributed by atoms with E-state index in [0.717, 1.165) is 5.92 Å². The molecule has 2 fully saturated rings. The molecule has 0 aromatic rings. The van der Waals surface area contributed by atoms with Crippen molar-refractivity contribution in [1.82, 2.24) is 5.32 Å². The molecule has 1 unspecified atom stereocenters. The zero-order valence-electron chi connectivity index (χ0n) is 7.47. The van der Waals surface area contributed by atoms with E-state index in [4.69, 9.17) is 5.73 Å². The summed E-state index contributed by atoms with van der Waals surface area (Å²) in [7, 11) is 0. The van der Waals surface area contributed by atoms with Crippen molar-refractivity contribution in [2.45, 2.75) is 38.6 Å². The van der Waals surface area contributed by atoms with Gasteiger partial charge in [-0.3, -0.25) is 0 Å². The fourth-order valence-electron chi connectivity index (χ4n) is 1.12. The highest BCUT2D eigenvalue weighted by Crippen LogP contribution is 2.13. The topological polar surface area (TPSA) is 38.0 Å². The lowest BCUT2D eigenvalue weighted by Crippen LogP contribution is -2.27. The van der Waals surface area contributed by atoms with Gasteiger partial charge in [-0.05, 0) is 44.7 Å². The van der Waals surface area contributed by atoms with Gasteiger partial charge in [-0.1, -0.05) is 6.92 Å². The Bertz CT molecular complexity index is 93.7. The second kappa shape index (κ2) is 4.73. The predicted molar refractivity (Wildman–Crippen MR) is 48.5 cm³/mol. The van der Waals surface area contributed by atoms with E-state index in [9.17, 15) is 0 Å². The molecule has 0 bridgehead atoms. The smallest absolute Gasteiger partial charge is 0.00399 e. The van der Waals surface area contributed by atoms with Crippen LogP contribution in [-0.2, 0) is 0 Å². The van der Waals surface area contributed by atoms with Crippen LogP contribution < -0.4 is 11.1 Å². The van der Waals surface area contributed by atoms with E-state index in [-0.39, 0.29) is 0 Å². The quantitative estimate of drug-likeness (QED) is 0.551. The first-order chi connectivity index (χ1) is 5.29. The summed E-state index contributed by atoms with van der Waals surface area (Å²) in [5, 5.41) is 3.33. The van der Waals surface area contributed by atoms with Gasteiger partial charge < -0.3 is 11.1 Å². The Balaban J connectivity index is 0.000000128. The van der Waals surface area contributed by atoms with Crippen LogP contribution in [0.3, 0.4) is 0 Å². The van der Waals surface area contributed by atoms with E-state index in [0.29, 0.717) is 6.04 Å². The number of nitrogens with two attached hydrogens (primary N) is 1. The summed E-state index contributed by atoms with van der Waals surface area (Å²) in [5.41, 5.74) is 5.22. The summed E-state index contributed by atoms with van der Waals surface area (Å²) in [6.45, 7) is 4.77. The summed E-state index contributed by atoms with van der Waals surface area (Å²) in [5.74, 6) is 0.925.